The number of hydrogen-bond acceptors (Lipinski definition) is 4. The molecule has 0 spiro atoms. The maximum atomic E-state index is 12.0. The number of amides is 2. The molecule has 1 heterocycles. The summed E-state index contributed by atoms with van der Waals surface area (Å²) >= 11 is 0. The normalized spacial score (nSPS) is 20.6. The molecular weight excluding hydrogens is 282 g/mol. The third-order valence-corrected chi connectivity index (χ3v) is 3.66. The fraction of sp³-hybridized carbons (Fsp3) is 0.500. The summed E-state index contributed by atoms with van der Waals surface area (Å²) in [6.45, 7) is 3.27. The Labute approximate surface area is 130 Å². The number of carbonyl (C=O) groups excluding carboxylic acids is 2. The van der Waals surface area contributed by atoms with Crippen LogP contribution in [0.1, 0.15) is 35.7 Å². The molecule has 0 aliphatic carbocycles. The number of benzene rings is 1. The quantitative estimate of drug-likeness (QED) is 0.716. The van der Waals surface area contributed by atoms with Gasteiger partial charge in [-0.3, -0.25) is 9.59 Å². The number of rotatable bonds is 6. The monoisotopic (exact) mass is 305 g/mol. The second-order valence-corrected chi connectivity index (χ2v) is 5.34. The fourth-order valence-corrected chi connectivity index (χ4v) is 2.46. The fourth-order valence-electron chi connectivity index (χ4n) is 2.46. The predicted molar refractivity (Wildman–Crippen MR) is 83.2 cm³/mol. The van der Waals surface area contributed by atoms with Gasteiger partial charge in [-0.15, -0.1) is 0 Å². The van der Waals surface area contributed by atoms with Crippen molar-refractivity contribution >= 4 is 11.8 Å². The molecule has 0 radical (unpaired) electrons. The first-order valence-corrected chi connectivity index (χ1v) is 7.64. The molecule has 1 aliphatic heterocycles. The van der Waals surface area contributed by atoms with E-state index in [-0.39, 0.29) is 17.9 Å². The van der Waals surface area contributed by atoms with Crippen LogP contribution in [-0.2, 0) is 16.1 Å². The van der Waals surface area contributed by atoms with Crippen molar-refractivity contribution < 1.29 is 14.3 Å². The Bertz CT molecular complexity index is 533. The molecule has 1 aliphatic rings. The van der Waals surface area contributed by atoms with E-state index in [0.717, 1.165) is 12.0 Å². The summed E-state index contributed by atoms with van der Waals surface area (Å²) in [4.78, 5) is 23.8. The van der Waals surface area contributed by atoms with Gasteiger partial charge in [0.2, 0.25) is 5.91 Å². The highest BCUT2D eigenvalue weighted by atomic mass is 16.5. The number of nitrogens with two attached hydrogens (primary N) is 1. The molecule has 4 N–H and O–H groups in total. The van der Waals surface area contributed by atoms with Crippen LogP contribution in [0.2, 0.25) is 0 Å². The van der Waals surface area contributed by atoms with Crippen molar-refractivity contribution in [1.29, 1.82) is 0 Å². The highest BCUT2D eigenvalue weighted by Gasteiger charge is 2.29. The second kappa shape index (κ2) is 7.91. The van der Waals surface area contributed by atoms with E-state index in [0.29, 0.717) is 31.6 Å². The van der Waals surface area contributed by atoms with Crippen molar-refractivity contribution in [3.8, 4) is 0 Å². The first-order valence-electron chi connectivity index (χ1n) is 7.64. The smallest absolute Gasteiger partial charge is 0.251 e. The molecule has 1 fully saturated rings. The molecule has 1 saturated heterocycles. The summed E-state index contributed by atoms with van der Waals surface area (Å²) in [6, 6.07) is 7.22. The Morgan fingerprint density at radius 1 is 1.32 bits per heavy atom. The van der Waals surface area contributed by atoms with Crippen molar-refractivity contribution in [2.24, 2.45) is 5.73 Å². The topological polar surface area (TPSA) is 93.5 Å². The summed E-state index contributed by atoms with van der Waals surface area (Å²) in [7, 11) is 0. The van der Waals surface area contributed by atoms with E-state index in [1.807, 2.05) is 19.1 Å². The lowest BCUT2D eigenvalue weighted by atomic mass is 10.1. The Morgan fingerprint density at radius 3 is 2.82 bits per heavy atom. The lowest BCUT2D eigenvalue weighted by Crippen LogP contribution is -2.35. The van der Waals surface area contributed by atoms with Gasteiger partial charge in [-0.1, -0.05) is 12.1 Å². The minimum absolute atomic E-state index is 0.0168. The predicted octanol–water partition coefficient (Wildman–Crippen LogP) is 0.559. The third kappa shape index (κ3) is 4.29. The van der Waals surface area contributed by atoms with E-state index < -0.39 is 6.10 Å². The van der Waals surface area contributed by atoms with E-state index in [2.05, 4.69) is 10.6 Å². The van der Waals surface area contributed by atoms with Crippen molar-refractivity contribution in [1.82, 2.24) is 10.6 Å². The SMILES string of the molecule is CCNC(=O)c1cccc(CNC(=O)[C@@H]2CC[C@H](CN)O2)c1. The van der Waals surface area contributed by atoms with Crippen molar-refractivity contribution in [3.05, 3.63) is 35.4 Å². The maximum Gasteiger partial charge on any atom is 0.251 e. The van der Waals surface area contributed by atoms with Crippen LogP contribution in [0.4, 0.5) is 0 Å². The van der Waals surface area contributed by atoms with Gasteiger partial charge in [0, 0.05) is 25.2 Å². The Hall–Kier alpha value is -1.92. The van der Waals surface area contributed by atoms with E-state index >= 15 is 0 Å². The number of hydrogen-bond donors (Lipinski definition) is 3. The zero-order valence-corrected chi connectivity index (χ0v) is 12.8. The largest absolute Gasteiger partial charge is 0.364 e. The molecule has 22 heavy (non-hydrogen) atoms. The molecule has 0 bridgehead atoms. The third-order valence-electron chi connectivity index (χ3n) is 3.66. The highest BCUT2D eigenvalue weighted by molar-refractivity contribution is 5.94. The molecule has 0 aromatic heterocycles. The molecule has 1 aromatic rings. The van der Waals surface area contributed by atoms with E-state index in [1.54, 1.807) is 12.1 Å². The summed E-state index contributed by atoms with van der Waals surface area (Å²) in [6.07, 6.45) is 1.09. The highest BCUT2D eigenvalue weighted by Crippen LogP contribution is 2.19. The first kappa shape index (κ1) is 16.5. The molecule has 6 nitrogen and oxygen atoms in total. The Balaban J connectivity index is 1.87. The number of carbonyl (C=O) groups is 2. The Kier molecular flexibility index (Phi) is 5.91. The van der Waals surface area contributed by atoms with Crippen LogP contribution in [-0.4, -0.2) is 37.1 Å². The van der Waals surface area contributed by atoms with E-state index in [1.165, 1.54) is 0 Å². The van der Waals surface area contributed by atoms with Gasteiger partial charge in [-0.05, 0) is 37.5 Å². The van der Waals surface area contributed by atoms with Gasteiger partial charge in [0.25, 0.3) is 5.91 Å². The van der Waals surface area contributed by atoms with Crippen LogP contribution in [0.25, 0.3) is 0 Å². The molecule has 2 amide bonds. The van der Waals surface area contributed by atoms with Gasteiger partial charge in [0.15, 0.2) is 0 Å². The van der Waals surface area contributed by atoms with Crippen LogP contribution >= 0.6 is 0 Å². The number of ether oxygens (including phenoxy) is 1. The van der Waals surface area contributed by atoms with Crippen molar-refractivity contribution in [2.75, 3.05) is 13.1 Å². The molecule has 0 saturated carbocycles. The summed E-state index contributed by atoms with van der Waals surface area (Å²) < 4.78 is 5.55. The van der Waals surface area contributed by atoms with Crippen LogP contribution in [0.5, 0.6) is 0 Å². The van der Waals surface area contributed by atoms with Crippen LogP contribution in [0, 0.1) is 0 Å². The summed E-state index contributed by atoms with van der Waals surface area (Å²) in [5, 5.41) is 5.60. The van der Waals surface area contributed by atoms with Crippen molar-refractivity contribution in [3.63, 3.8) is 0 Å². The van der Waals surface area contributed by atoms with Crippen LogP contribution in [0.15, 0.2) is 24.3 Å². The van der Waals surface area contributed by atoms with Gasteiger partial charge in [0.1, 0.15) is 6.10 Å². The molecular formula is C16H23N3O3. The average Bonchev–Trinajstić information content (AvgIpc) is 3.02. The Morgan fingerprint density at radius 2 is 2.14 bits per heavy atom. The number of nitrogens with one attached hydrogen (secondary N) is 2. The minimum Gasteiger partial charge on any atom is -0.364 e. The zero-order valence-electron chi connectivity index (χ0n) is 12.8. The van der Waals surface area contributed by atoms with Gasteiger partial charge >= 0.3 is 0 Å². The summed E-state index contributed by atoms with van der Waals surface area (Å²) in [5.41, 5.74) is 7.01. The molecule has 2 rings (SSSR count). The minimum atomic E-state index is -0.417. The van der Waals surface area contributed by atoms with Gasteiger partial charge < -0.3 is 21.1 Å². The van der Waals surface area contributed by atoms with Crippen molar-refractivity contribution in [2.45, 2.75) is 38.5 Å². The van der Waals surface area contributed by atoms with Gasteiger partial charge in [0.05, 0.1) is 6.10 Å². The zero-order chi connectivity index (χ0) is 15.9. The standard InChI is InChI=1S/C16H23N3O3/c1-2-18-15(20)12-5-3-4-11(8-12)10-19-16(21)14-7-6-13(9-17)22-14/h3-5,8,13-14H,2,6-7,9-10,17H2,1H3,(H,18,20)(H,19,21)/t13-,14+/m1/s1. The van der Waals surface area contributed by atoms with Crippen LogP contribution in [0.3, 0.4) is 0 Å². The summed E-state index contributed by atoms with van der Waals surface area (Å²) in [5.74, 6) is -0.236. The molecule has 120 valence electrons. The van der Waals surface area contributed by atoms with Gasteiger partial charge in [-0.25, -0.2) is 0 Å². The van der Waals surface area contributed by atoms with E-state index in [9.17, 15) is 9.59 Å². The molecule has 2 atom stereocenters. The van der Waals surface area contributed by atoms with E-state index in [4.69, 9.17) is 10.5 Å². The lowest BCUT2D eigenvalue weighted by molar-refractivity contribution is -0.132. The maximum absolute atomic E-state index is 12.0. The first-order chi connectivity index (χ1) is 10.6. The average molecular weight is 305 g/mol. The van der Waals surface area contributed by atoms with Gasteiger partial charge in [-0.2, -0.15) is 0 Å². The van der Waals surface area contributed by atoms with Crippen LogP contribution < -0.4 is 16.4 Å². The lowest BCUT2D eigenvalue weighted by Gasteiger charge is -2.13. The molecule has 1 aromatic carbocycles. The second-order valence-electron chi connectivity index (χ2n) is 5.34. The molecule has 6 heteroatoms. The molecule has 0 unspecified atom stereocenters.